The molecule has 0 bridgehead atoms. The maximum atomic E-state index is 13.9. The maximum Gasteiger partial charge on any atom is 0.264 e. The first-order valence-corrected chi connectivity index (χ1v) is 14.6. The number of nitrogens with one attached hydrogen (secondary N) is 1. The highest BCUT2D eigenvalue weighted by Gasteiger charge is 2.33. The highest BCUT2D eigenvalue weighted by atomic mass is 35.5. The van der Waals surface area contributed by atoms with E-state index in [0.29, 0.717) is 23.6 Å². The molecule has 3 aromatic carbocycles. The molecule has 0 aliphatic rings. The summed E-state index contributed by atoms with van der Waals surface area (Å²) in [5.74, 6) is -1.47. The normalized spacial score (nSPS) is 12.0. The molecule has 1 unspecified atom stereocenters. The molecule has 0 heterocycles. The van der Waals surface area contributed by atoms with Crippen molar-refractivity contribution in [3.05, 3.63) is 95.3 Å². The van der Waals surface area contributed by atoms with Gasteiger partial charge in [0.15, 0.2) is 0 Å². The van der Waals surface area contributed by atoms with Gasteiger partial charge in [-0.15, -0.1) is 0 Å². The van der Waals surface area contributed by atoms with Crippen molar-refractivity contribution < 1.29 is 22.4 Å². The summed E-state index contributed by atoms with van der Waals surface area (Å²) in [6, 6.07) is 18.7. The molecule has 0 aromatic heterocycles. The molecule has 0 aliphatic carbocycles. The SMILES string of the molecule is CCCCNC(=O)C(CC)N(Cc1ccccc1Cl)C(=O)CN(c1ccc(F)cc1)S(=O)(=O)c1ccccc1. The second-order valence-corrected chi connectivity index (χ2v) is 11.3. The molecule has 0 aliphatic heterocycles. The van der Waals surface area contributed by atoms with Crippen LogP contribution in [0, 0.1) is 5.82 Å². The number of carbonyl (C=O) groups excluding carboxylic acids is 2. The fourth-order valence-electron chi connectivity index (χ4n) is 4.09. The first kappa shape index (κ1) is 30.1. The fraction of sp³-hybridized carbons (Fsp3) is 0.310. The van der Waals surface area contributed by atoms with Gasteiger partial charge in [0.25, 0.3) is 10.0 Å². The molecular formula is C29H33ClFN3O4S. The largest absolute Gasteiger partial charge is 0.354 e. The van der Waals surface area contributed by atoms with Crippen molar-refractivity contribution in [1.29, 1.82) is 0 Å². The molecule has 1 atom stereocenters. The van der Waals surface area contributed by atoms with E-state index in [4.69, 9.17) is 11.6 Å². The minimum absolute atomic E-state index is 0.000847. The number of anilines is 1. The number of amides is 2. The van der Waals surface area contributed by atoms with Crippen molar-refractivity contribution in [1.82, 2.24) is 10.2 Å². The van der Waals surface area contributed by atoms with Crippen molar-refractivity contribution in [3.63, 3.8) is 0 Å². The van der Waals surface area contributed by atoms with Crippen LogP contribution in [-0.2, 0) is 26.2 Å². The molecule has 3 rings (SSSR count). The van der Waals surface area contributed by atoms with Crippen molar-refractivity contribution in [2.24, 2.45) is 0 Å². The summed E-state index contributed by atoms with van der Waals surface area (Å²) >= 11 is 6.39. The smallest absolute Gasteiger partial charge is 0.264 e. The number of carbonyl (C=O) groups is 2. The Bertz CT molecular complexity index is 1350. The number of unbranched alkanes of at least 4 members (excludes halogenated alkanes) is 1. The van der Waals surface area contributed by atoms with E-state index >= 15 is 0 Å². The second kappa shape index (κ2) is 14.1. The highest BCUT2D eigenvalue weighted by Crippen LogP contribution is 2.26. The third-order valence-corrected chi connectivity index (χ3v) is 8.40. The molecule has 208 valence electrons. The van der Waals surface area contributed by atoms with Crippen LogP contribution < -0.4 is 9.62 Å². The van der Waals surface area contributed by atoms with E-state index in [-0.39, 0.29) is 23.0 Å². The van der Waals surface area contributed by atoms with Gasteiger partial charge in [0.1, 0.15) is 18.4 Å². The number of benzene rings is 3. The van der Waals surface area contributed by atoms with Gasteiger partial charge in [-0.3, -0.25) is 13.9 Å². The molecule has 0 radical (unpaired) electrons. The number of nitrogens with zero attached hydrogens (tertiary/aromatic N) is 2. The van der Waals surface area contributed by atoms with E-state index in [9.17, 15) is 22.4 Å². The fourth-order valence-corrected chi connectivity index (χ4v) is 5.72. The molecule has 0 saturated carbocycles. The van der Waals surface area contributed by atoms with E-state index in [1.807, 2.05) is 6.92 Å². The first-order chi connectivity index (χ1) is 18.7. The van der Waals surface area contributed by atoms with Crippen LogP contribution in [0.5, 0.6) is 0 Å². The number of sulfonamides is 1. The Balaban J connectivity index is 2.02. The molecule has 1 N–H and O–H groups in total. The predicted molar refractivity (Wildman–Crippen MR) is 151 cm³/mol. The molecule has 3 aromatic rings. The number of halogens is 2. The van der Waals surface area contributed by atoms with Gasteiger partial charge in [-0.2, -0.15) is 0 Å². The summed E-state index contributed by atoms with van der Waals surface area (Å²) < 4.78 is 42.0. The van der Waals surface area contributed by atoms with E-state index in [1.54, 1.807) is 49.4 Å². The van der Waals surface area contributed by atoms with Crippen LogP contribution in [0.3, 0.4) is 0 Å². The number of rotatable bonds is 13. The minimum atomic E-state index is -4.21. The van der Waals surface area contributed by atoms with Crippen LogP contribution in [0.1, 0.15) is 38.7 Å². The van der Waals surface area contributed by atoms with Gasteiger partial charge in [0.05, 0.1) is 10.6 Å². The van der Waals surface area contributed by atoms with Gasteiger partial charge in [0, 0.05) is 18.1 Å². The highest BCUT2D eigenvalue weighted by molar-refractivity contribution is 7.92. The zero-order valence-corrected chi connectivity index (χ0v) is 23.6. The Kier molecular flexibility index (Phi) is 10.9. The second-order valence-electron chi connectivity index (χ2n) is 8.98. The summed E-state index contributed by atoms with van der Waals surface area (Å²) in [7, 11) is -4.21. The average molecular weight is 574 g/mol. The van der Waals surface area contributed by atoms with Gasteiger partial charge in [-0.05, 0) is 60.9 Å². The third kappa shape index (κ3) is 7.80. The summed E-state index contributed by atoms with van der Waals surface area (Å²) in [4.78, 5) is 28.5. The summed E-state index contributed by atoms with van der Waals surface area (Å²) in [6.45, 7) is 3.65. The summed E-state index contributed by atoms with van der Waals surface area (Å²) in [5, 5.41) is 3.30. The molecule has 0 saturated heterocycles. The Hall–Kier alpha value is -3.43. The Labute approximate surface area is 234 Å². The van der Waals surface area contributed by atoms with Crippen molar-refractivity contribution in [2.45, 2.75) is 50.6 Å². The maximum absolute atomic E-state index is 13.9. The lowest BCUT2D eigenvalue weighted by Crippen LogP contribution is -2.52. The van der Waals surface area contributed by atoms with Gasteiger partial charge >= 0.3 is 0 Å². The summed E-state index contributed by atoms with van der Waals surface area (Å²) in [5.41, 5.74) is 0.735. The monoisotopic (exact) mass is 573 g/mol. The molecule has 10 heteroatoms. The quantitative estimate of drug-likeness (QED) is 0.277. The topological polar surface area (TPSA) is 86.8 Å². The van der Waals surface area contributed by atoms with Gasteiger partial charge in [-0.25, -0.2) is 12.8 Å². The van der Waals surface area contributed by atoms with Crippen molar-refractivity contribution in [2.75, 3.05) is 17.4 Å². The van der Waals surface area contributed by atoms with Crippen LogP contribution in [0.15, 0.2) is 83.8 Å². The Morgan fingerprint density at radius 1 is 0.949 bits per heavy atom. The van der Waals surface area contributed by atoms with Crippen molar-refractivity contribution >= 4 is 39.1 Å². The van der Waals surface area contributed by atoms with Crippen LogP contribution in [0.4, 0.5) is 10.1 Å². The van der Waals surface area contributed by atoms with Crippen LogP contribution >= 0.6 is 11.6 Å². The number of hydrogen-bond donors (Lipinski definition) is 1. The van der Waals surface area contributed by atoms with E-state index in [2.05, 4.69) is 5.32 Å². The first-order valence-electron chi connectivity index (χ1n) is 12.8. The molecule has 7 nitrogen and oxygen atoms in total. The minimum Gasteiger partial charge on any atom is -0.354 e. The molecular weight excluding hydrogens is 541 g/mol. The lowest BCUT2D eigenvalue weighted by molar-refractivity contribution is -0.140. The van der Waals surface area contributed by atoms with Crippen LogP contribution in [0.2, 0.25) is 5.02 Å². The van der Waals surface area contributed by atoms with Gasteiger partial charge < -0.3 is 10.2 Å². The van der Waals surface area contributed by atoms with Gasteiger partial charge in [-0.1, -0.05) is 68.3 Å². The molecule has 0 fully saturated rings. The lowest BCUT2D eigenvalue weighted by Gasteiger charge is -2.33. The lowest BCUT2D eigenvalue weighted by atomic mass is 10.1. The van der Waals surface area contributed by atoms with E-state index in [1.165, 1.54) is 29.2 Å². The average Bonchev–Trinajstić information content (AvgIpc) is 2.93. The van der Waals surface area contributed by atoms with E-state index in [0.717, 1.165) is 29.3 Å². The Morgan fingerprint density at radius 2 is 1.59 bits per heavy atom. The van der Waals surface area contributed by atoms with Crippen molar-refractivity contribution in [3.8, 4) is 0 Å². The van der Waals surface area contributed by atoms with E-state index < -0.39 is 34.3 Å². The summed E-state index contributed by atoms with van der Waals surface area (Å²) in [6.07, 6.45) is 1.98. The zero-order valence-electron chi connectivity index (χ0n) is 22.0. The number of hydrogen-bond acceptors (Lipinski definition) is 4. The standard InChI is InChI=1S/C29H33ClFN3O4S/c1-3-5-19-32-29(36)27(4-2)33(20-22-11-9-10-14-26(22)30)28(35)21-34(24-17-15-23(31)16-18-24)39(37,38)25-12-7-6-8-13-25/h6-18,27H,3-5,19-21H2,1-2H3,(H,32,36). The molecule has 0 spiro atoms. The third-order valence-electron chi connectivity index (χ3n) is 6.24. The van der Waals surface area contributed by atoms with Crippen LogP contribution in [-0.4, -0.2) is 44.3 Å². The Morgan fingerprint density at radius 3 is 2.21 bits per heavy atom. The molecule has 39 heavy (non-hydrogen) atoms. The predicted octanol–water partition coefficient (Wildman–Crippen LogP) is 5.40. The zero-order chi connectivity index (χ0) is 28.4. The van der Waals surface area contributed by atoms with Crippen LogP contribution in [0.25, 0.3) is 0 Å². The van der Waals surface area contributed by atoms with Gasteiger partial charge in [0.2, 0.25) is 11.8 Å². The molecule has 2 amide bonds.